The third-order valence-electron chi connectivity index (χ3n) is 5.14. The fraction of sp³-hybridized carbons (Fsp3) is 0.524. The Labute approximate surface area is 172 Å². The maximum atomic E-state index is 12.9. The van der Waals surface area contributed by atoms with Crippen LogP contribution in [0.5, 0.6) is 5.75 Å². The number of aryl methyl sites for hydroxylation is 1. The predicted molar refractivity (Wildman–Crippen MR) is 115 cm³/mol. The van der Waals surface area contributed by atoms with Crippen molar-refractivity contribution in [3.8, 4) is 5.75 Å². The van der Waals surface area contributed by atoms with Gasteiger partial charge in [-0.2, -0.15) is 11.3 Å². The van der Waals surface area contributed by atoms with Crippen molar-refractivity contribution in [1.82, 2.24) is 9.62 Å². The molecule has 1 saturated heterocycles. The smallest absolute Gasteiger partial charge is 0.240 e. The first-order valence-corrected chi connectivity index (χ1v) is 12.4. The molecule has 0 saturated carbocycles. The van der Waals surface area contributed by atoms with Crippen LogP contribution in [0, 0.1) is 6.92 Å². The van der Waals surface area contributed by atoms with Gasteiger partial charge in [0.05, 0.1) is 11.5 Å². The zero-order valence-corrected chi connectivity index (χ0v) is 18.3. The van der Waals surface area contributed by atoms with E-state index in [4.69, 9.17) is 4.74 Å². The monoisotopic (exact) mass is 422 g/mol. The molecule has 5 nitrogen and oxygen atoms in total. The highest BCUT2D eigenvalue weighted by atomic mass is 32.2. The van der Waals surface area contributed by atoms with Crippen LogP contribution in [0.15, 0.2) is 39.9 Å². The van der Waals surface area contributed by atoms with Crippen molar-refractivity contribution in [3.63, 3.8) is 0 Å². The topological polar surface area (TPSA) is 58.6 Å². The van der Waals surface area contributed by atoms with Gasteiger partial charge in [-0.15, -0.1) is 0 Å². The molecular formula is C21H30N2O3S2. The van der Waals surface area contributed by atoms with E-state index in [1.165, 1.54) is 24.8 Å². The summed E-state index contributed by atoms with van der Waals surface area (Å²) in [4.78, 5) is 2.69. The summed E-state index contributed by atoms with van der Waals surface area (Å²) < 4.78 is 34.3. The van der Waals surface area contributed by atoms with Gasteiger partial charge in [0.15, 0.2) is 0 Å². The Morgan fingerprint density at radius 3 is 2.64 bits per heavy atom. The second-order valence-electron chi connectivity index (χ2n) is 7.30. The van der Waals surface area contributed by atoms with Crippen LogP contribution in [0.3, 0.4) is 0 Å². The Balaban J connectivity index is 1.72. The molecule has 1 aliphatic rings. The maximum absolute atomic E-state index is 12.9. The number of likely N-dealkylation sites (tertiary alicyclic amines) is 1. The van der Waals surface area contributed by atoms with Gasteiger partial charge < -0.3 is 4.74 Å². The summed E-state index contributed by atoms with van der Waals surface area (Å²) in [6.07, 6.45) is 4.52. The number of nitrogens with one attached hydrogen (secondary N) is 1. The van der Waals surface area contributed by atoms with Crippen LogP contribution in [0.1, 0.15) is 49.8 Å². The number of thiophene rings is 1. The molecule has 0 aliphatic carbocycles. The molecule has 1 atom stereocenters. The summed E-state index contributed by atoms with van der Waals surface area (Å²) in [5.41, 5.74) is 2.02. The van der Waals surface area contributed by atoms with Gasteiger partial charge in [0.2, 0.25) is 10.0 Å². The summed E-state index contributed by atoms with van der Waals surface area (Å²) >= 11 is 1.65. The fourth-order valence-electron chi connectivity index (χ4n) is 3.59. The van der Waals surface area contributed by atoms with Crippen molar-refractivity contribution in [2.45, 2.75) is 50.5 Å². The first kappa shape index (κ1) is 21.3. The molecule has 154 valence electrons. The van der Waals surface area contributed by atoms with Gasteiger partial charge in [0, 0.05) is 12.6 Å². The maximum Gasteiger partial charge on any atom is 0.240 e. The molecule has 1 fully saturated rings. The number of piperidine rings is 1. The molecule has 1 aliphatic heterocycles. The minimum atomic E-state index is -3.57. The standard InChI is InChI=1S/C21H30N2O3S2/c1-3-12-26-21-8-7-19(14-17(21)2)28(24,25)22-15-20(18-9-13-27-16-18)23-10-5-4-6-11-23/h7-9,13-14,16,20,22H,3-6,10-12,15H2,1-2H3. The van der Waals surface area contributed by atoms with Crippen molar-refractivity contribution in [1.29, 1.82) is 0 Å². The molecule has 0 spiro atoms. The van der Waals surface area contributed by atoms with Gasteiger partial charge in [-0.1, -0.05) is 13.3 Å². The molecule has 28 heavy (non-hydrogen) atoms. The van der Waals surface area contributed by atoms with Crippen LogP contribution >= 0.6 is 11.3 Å². The van der Waals surface area contributed by atoms with Gasteiger partial charge in [-0.25, -0.2) is 13.1 Å². The van der Waals surface area contributed by atoms with Gasteiger partial charge in [0.25, 0.3) is 0 Å². The number of benzene rings is 1. The molecule has 2 aromatic rings. The number of sulfonamides is 1. The lowest BCUT2D eigenvalue weighted by molar-refractivity contribution is 0.165. The van der Waals surface area contributed by atoms with Crippen LogP contribution < -0.4 is 9.46 Å². The first-order valence-electron chi connectivity index (χ1n) is 10.0. The summed E-state index contributed by atoms with van der Waals surface area (Å²) in [6.45, 7) is 6.97. The van der Waals surface area contributed by atoms with E-state index in [1.54, 1.807) is 29.5 Å². The van der Waals surface area contributed by atoms with Crippen molar-refractivity contribution in [2.24, 2.45) is 0 Å². The molecule has 2 heterocycles. The second-order valence-corrected chi connectivity index (χ2v) is 9.84. The molecule has 1 unspecified atom stereocenters. The Hall–Kier alpha value is -1.41. The lowest BCUT2D eigenvalue weighted by Gasteiger charge is -2.34. The quantitative estimate of drug-likeness (QED) is 0.653. The molecule has 0 amide bonds. The van der Waals surface area contributed by atoms with E-state index in [1.807, 2.05) is 13.8 Å². The zero-order valence-electron chi connectivity index (χ0n) is 16.7. The minimum Gasteiger partial charge on any atom is -0.493 e. The molecule has 7 heteroatoms. The normalized spacial score (nSPS) is 16.8. The highest BCUT2D eigenvalue weighted by molar-refractivity contribution is 7.89. The second kappa shape index (κ2) is 9.87. The van der Waals surface area contributed by atoms with E-state index in [-0.39, 0.29) is 10.9 Å². The molecule has 1 N–H and O–H groups in total. The summed E-state index contributed by atoms with van der Waals surface area (Å²) in [6, 6.07) is 7.24. The number of hydrogen-bond donors (Lipinski definition) is 1. The Morgan fingerprint density at radius 1 is 1.21 bits per heavy atom. The molecule has 0 radical (unpaired) electrons. The average molecular weight is 423 g/mol. The first-order chi connectivity index (χ1) is 13.5. The summed E-state index contributed by atoms with van der Waals surface area (Å²) in [5, 5.41) is 4.18. The number of ether oxygens (including phenoxy) is 1. The fourth-order valence-corrected chi connectivity index (χ4v) is 5.42. The summed E-state index contributed by atoms with van der Waals surface area (Å²) in [7, 11) is -3.57. The van der Waals surface area contributed by atoms with Crippen molar-refractivity contribution in [3.05, 3.63) is 46.2 Å². The Kier molecular flexibility index (Phi) is 7.51. The highest BCUT2D eigenvalue weighted by Gasteiger charge is 2.25. The highest BCUT2D eigenvalue weighted by Crippen LogP contribution is 2.27. The Bertz CT molecular complexity index is 845. The average Bonchev–Trinajstić information content (AvgIpc) is 3.22. The zero-order chi connectivity index (χ0) is 20.0. The van der Waals surface area contributed by atoms with E-state index >= 15 is 0 Å². The van der Waals surface area contributed by atoms with E-state index in [0.29, 0.717) is 13.2 Å². The van der Waals surface area contributed by atoms with Gasteiger partial charge in [-0.05, 0) is 85.4 Å². The Morgan fingerprint density at radius 2 is 2.00 bits per heavy atom. The third kappa shape index (κ3) is 5.35. The third-order valence-corrected chi connectivity index (χ3v) is 7.27. The lowest BCUT2D eigenvalue weighted by atomic mass is 10.0. The molecule has 3 rings (SSSR count). The van der Waals surface area contributed by atoms with Crippen molar-refractivity contribution in [2.75, 3.05) is 26.2 Å². The van der Waals surface area contributed by atoms with Crippen LogP contribution in [-0.2, 0) is 10.0 Å². The van der Waals surface area contributed by atoms with E-state index in [2.05, 4.69) is 26.4 Å². The van der Waals surface area contributed by atoms with Crippen LogP contribution in [-0.4, -0.2) is 39.6 Å². The minimum absolute atomic E-state index is 0.0783. The summed E-state index contributed by atoms with van der Waals surface area (Å²) in [5.74, 6) is 0.741. The number of nitrogens with zero attached hydrogens (tertiary/aromatic N) is 1. The molecule has 1 aromatic heterocycles. The number of rotatable bonds is 9. The van der Waals surface area contributed by atoms with Gasteiger partial charge in [-0.3, -0.25) is 4.90 Å². The van der Waals surface area contributed by atoms with Crippen LogP contribution in [0.4, 0.5) is 0 Å². The molecule has 1 aromatic carbocycles. The van der Waals surface area contributed by atoms with Gasteiger partial charge in [0.1, 0.15) is 5.75 Å². The predicted octanol–water partition coefficient (Wildman–Crippen LogP) is 4.35. The largest absolute Gasteiger partial charge is 0.493 e. The van der Waals surface area contributed by atoms with E-state index in [0.717, 1.165) is 30.8 Å². The van der Waals surface area contributed by atoms with Crippen molar-refractivity contribution >= 4 is 21.4 Å². The molecular weight excluding hydrogens is 392 g/mol. The van der Waals surface area contributed by atoms with Crippen molar-refractivity contribution < 1.29 is 13.2 Å². The van der Waals surface area contributed by atoms with E-state index < -0.39 is 10.0 Å². The van der Waals surface area contributed by atoms with Crippen LogP contribution in [0.2, 0.25) is 0 Å². The van der Waals surface area contributed by atoms with Gasteiger partial charge >= 0.3 is 0 Å². The van der Waals surface area contributed by atoms with E-state index in [9.17, 15) is 8.42 Å². The number of hydrogen-bond acceptors (Lipinski definition) is 5. The van der Waals surface area contributed by atoms with Crippen LogP contribution in [0.25, 0.3) is 0 Å². The molecule has 0 bridgehead atoms. The SMILES string of the molecule is CCCOc1ccc(S(=O)(=O)NCC(c2ccsc2)N2CCCCC2)cc1C. The lowest BCUT2D eigenvalue weighted by Crippen LogP contribution is -2.40.